The first-order valence-corrected chi connectivity index (χ1v) is 8.60. The molecule has 1 N–H and O–H groups in total. The van der Waals surface area contributed by atoms with Crippen LogP contribution in [0.15, 0.2) is 27.6 Å². The van der Waals surface area contributed by atoms with E-state index in [2.05, 4.69) is 15.9 Å². The van der Waals surface area contributed by atoms with Crippen LogP contribution in [0.25, 0.3) is 0 Å². The molecule has 6 heteroatoms. The van der Waals surface area contributed by atoms with Crippen LogP contribution in [0.2, 0.25) is 0 Å². The van der Waals surface area contributed by atoms with Gasteiger partial charge >= 0.3 is 0 Å². The molecule has 108 valence electrons. The average molecular weight is 350 g/mol. The number of hydrogen-bond acceptors (Lipinski definition) is 3. The van der Waals surface area contributed by atoms with Gasteiger partial charge in [-0.2, -0.15) is 4.31 Å². The van der Waals surface area contributed by atoms with Crippen molar-refractivity contribution in [1.29, 1.82) is 0 Å². The second-order valence-electron chi connectivity index (χ2n) is 4.33. The molecule has 0 spiro atoms. The second kappa shape index (κ2) is 7.38. The number of aliphatic hydroxyl groups is 1. The topological polar surface area (TPSA) is 57.6 Å². The van der Waals surface area contributed by atoms with Crippen molar-refractivity contribution in [1.82, 2.24) is 4.31 Å². The minimum Gasteiger partial charge on any atom is -0.392 e. The Balaban J connectivity index is 3.23. The number of halogens is 1. The van der Waals surface area contributed by atoms with E-state index in [1.807, 2.05) is 13.8 Å². The minimum absolute atomic E-state index is 0.169. The molecule has 0 fully saturated rings. The van der Waals surface area contributed by atoms with E-state index in [0.717, 1.165) is 12.8 Å². The third kappa shape index (κ3) is 4.02. The summed E-state index contributed by atoms with van der Waals surface area (Å²) in [6, 6.07) is 4.89. The maximum Gasteiger partial charge on any atom is 0.244 e. The lowest BCUT2D eigenvalue weighted by Crippen LogP contribution is -2.32. The number of benzene rings is 1. The fourth-order valence-electron chi connectivity index (χ4n) is 1.83. The molecule has 0 aliphatic heterocycles. The fourth-order valence-corrected chi connectivity index (χ4v) is 4.43. The van der Waals surface area contributed by atoms with Crippen LogP contribution in [0.4, 0.5) is 0 Å². The third-order valence-electron chi connectivity index (χ3n) is 2.74. The molecular formula is C13H20BrNO3S. The van der Waals surface area contributed by atoms with Gasteiger partial charge < -0.3 is 5.11 Å². The highest BCUT2D eigenvalue weighted by atomic mass is 79.9. The molecule has 0 bridgehead atoms. The van der Waals surface area contributed by atoms with Crippen molar-refractivity contribution in [3.05, 3.63) is 28.2 Å². The quantitative estimate of drug-likeness (QED) is 0.823. The number of aliphatic hydroxyl groups excluding tert-OH is 1. The summed E-state index contributed by atoms with van der Waals surface area (Å²) >= 11 is 3.28. The normalized spacial score (nSPS) is 12.1. The lowest BCUT2D eigenvalue weighted by molar-refractivity contribution is 0.281. The van der Waals surface area contributed by atoms with E-state index >= 15 is 0 Å². The molecule has 0 amide bonds. The lowest BCUT2D eigenvalue weighted by Gasteiger charge is -2.22. The summed E-state index contributed by atoms with van der Waals surface area (Å²) in [5.74, 6) is 0. The molecule has 1 aromatic carbocycles. The Kier molecular flexibility index (Phi) is 6.46. The van der Waals surface area contributed by atoms with Gasteiger partial charge in [-0.25, -0.2) is 8.42 Å². The fraction of sp³-hybridized carbons (Fsp3) is 0.538. The summed E-state index contributed by atoms with van der Waals surface area (Å²) in [6.07, 6.45) is 1.55. The molecule has 0 atom stereocenters. The molecule has 0 unspecified atom stereocenters. The molecule has 4 nitrogen and oxygen atoms in total. The van der Waals surface area contributed by atoms with Crippen molar-refractivity contribution in [2.75, 3.05) is 13.1 Å². The summed E-state index contributed by atoms with van der Waals surface area (Å²) in [7, 11) is -3.51. The van der Waals surface area contributed by atoms with Gasteiger partial charge in [0.15, 0.2) is 0 Å². The molecule has 1 aromatic rings. The molecule has 1 rings (SSSR count). The lowest BCUT2D eigenvalue weighted by atomic mass is 10.2. The number of rotatable bonds is 7. The van der Waals surface area contributed by atoms with E-state index in [1.54, 1.807) is 12.1 Å². The molecule has 0 heterocycles. The van der Waals surface area contributed by atoms with Gasteiger partial charge in [0.05, 0.1) is 11.5 Å². The SMILES string of the molecule is CCCN(CCC)S(=O)(=O)c1cc(CO)ccc1Br. The van der Waals surface area contributed by atoms with E-state index in [1.165, 1.54) is 10.4 Å². The van der Waals surface area contributed by atoms with Gasteiger partial charge in [-0.15, -0.1) is 0 Å². The first-order chi connectivity index (χ1) is 8.97. The van der Waals surface area contributed by atoms with Crippen LogP contribution >= 0.6 is 15.9 Å². The highest BCUT2D eigenvalue weighted by Crippen LogP contribution is 2.26. The Morgan fingerprint density at radius 1 is 1.21 bits per heavy atom. The van der Waals surface area contributed by atoms with Crippen LogP contribution in [0.3, 0.4) is 0 Å². The smallest absolute Gasteiger partial charge is 0.244 e. The van der Waals surface area contributed by atoms with Crippen LogP contribution in [0, 0.1) is 0 Å². The summed E-state index contributed by atoms with van der Waals surface area (Å²) < 4.78 is 27.3. The van der Waals surface area contributed by atoms with Gasteiger partial charge in [0.1, 0.15) is 0 Å². The maximum absolute atomic E-state index is 12.6. The molecule has 0 aliphatic rings. The van der Waals surface area contributed by atoms with Gasteiger partial charge in [0.25, 0.3) is 0 Å². The monoisotopic (exact) mass is 349 g/mol. The molecule has 0 radical (unpaired) electrons. The van der Waals surface area contributed by atoms with Gasteiger partial charge in [0, 0.05) is 17.6 Å². The molecule has 0 aliphatic carbocycles. The highest BCUT2D eigenvalue weighted by molar-refractivity contribution is 9.10. The van der Waals surface area contributed by atoms with Gasteiger partial charge in [0.2, 0.25) is 10.0 Å². The van der Waals surface area contributed by atoms with Gasteiger partial charge in [-0.3, -0.25) is 0 Å². The highest BCUT2D eigenvalue weighted by Gasteiger charge is 2.25. The van der Waals surface area contributed by atoms with Gasteiger partial charge in [-0.05, 0) is 46.5 Å². The Bertz CT molecular complexity index is 511. The van der Waals surface area contributed by atoms with Crippen molar-refractivity contribution in [3.63, 3.8) is 0 Å². The predicted molar refractivity (Wildman–Crippen MR) is 79.4 cm³/mol. The average Bonchev–Trinajstić information content (AvgIpc) is 2.39. The third-order valence-corrected chi connectivity index (χ3v) is 5.63. The first kappa shape index (κ1) is 16.6. The van der Waals surface area contributed by atoms with Crippen molar-refractivity contribution in [2.45, 2.75) is 38.2 Å². The van der Waals surface area contributed by atoms with E-state index in [0.29, 0.717) is 23.1 Å². The second-order valence-corrected chi connectivity index (χ2v) is 7.09. The van der Waals surface area contributed by atoms with Crippen LogP contribution in [-0.2, 0) is 16.6 Å². The maximum atomic E-state index is 12.6. The van der Waals surface area contributed by atoms with Crippen LogP contribution in [0.5, 0.6) is 0 Å². The van der Waals surface area contributed by atoms with E-state index in [9.17, 15) is 8.42 Å². The largest absolute Gasteiger partial charge is 0.392 e. The molecule has 0 saturated carbocycles. The van der Waals surface area contributed by atoms with Crippen molar-refractivity contribution in [2.24, 2.45) is 0 Å². The minimum atomic E-state index is -3.51. The van der Waals surface area contributed by atoms with Crippen LogP contribution < -0.4 is 0 Å². The molecule has 0 saturated heterocycles. The van der Waals surface area contributed by atoms with Crippen molar-refractivity contribution in [3.8, 4) is 0 Å². The van der Waals surface area contributed by atoms with Crippen LogP contribution in [0.1, 0.15) is 32.3 Å². The summed E-state index contributed by atoms with van der Waals surface area (Å²) in [4.78, 5) is 0.223. The first-order valence-electron chi connectivity index (χ1n) is 6.36. The standard InChI is InChI=1S/C13H20BrNO3S/c1-3-7-15(8-4-2)19(17,18)13-9-11(10-16)5-6-12(13)14/h5-6,9,16H,3-4,7-8,10H2,1-2H3. The number of sulfonamides is 1. The molecular weight excluding hydrogens is 330 g/mol. The summed E-state index contributed by atoms with van der Waals surface area (Å²) in [5.41, 5.74) is 0.592. The zero-order valence-electron chi connectivity index (χ0n) is 11.3. The zero-order valence-corrected chi connectivity index (χ0v) is 13.7. The Hall–Kier alpha value is -0.430. The Morgan fingerprint density at radius 3 is 2.26 bits per heavy atom. The summed E-state index contributed by atoms with van der Waals surface area (Å²) in [5, 5.41) is 9.14. The predicted octanol–water partition coefficient (Wildman–Crippen LogP) is 2.75. The molecule has 19 heavy (non-hydrogen) atoms. The van der Waals surface area contributed by atoms with E-state index in [-0.39, 0.29) is 11.5 Å². The van der Waals surface area contributed by atoms with Crippen molar-refractivity contribution >= 4 is 26.0 Å². The number of nitrogens with zero attached hydrogens (tertiary/aromatic N) is 1. The zero-order chi connectivity index (χ0) is 14.5. The Labute approximate surface area is 123 Å². The van der Waals surface area contributed by atoms with Crippen LogP contribution in [-0.4, -0.2) is 30.9 Å². The van der Waals surface area contributed by atoms with E-state index < -0.39 is 10.0 Å². The van der Waals surface area contributed by atoms with E-state index in [4.69, 9.17) is 5.11 Å². The Morgan fingerprint density at radius 2 is 1.79 bits per heavy atom. The molecule has 0 aromatic heterocycles. The number of hydrogen-bond donors (Lipinski definition) is 1. The van der Waals surface area contributed by atoms with Crippen molar-refractivity contribution < 1.29 is 13.5 Å². The van der Waals surface area contributed by atoms with Gasteiger partial charge in [-0.1, -0.05) is 19.9 Å². The summed E-state index contributed by atoms with van der Waals surface area (Å²) in [6.45, 7) is 4.75.